The van der Waals surface area contributed by atoms with Crippen LogP contribution in [0, 0.1) is 5.82 Å². The number of nitrogens with zero attached hydrogens (tertiary/aromatic N) is 2. The molecule has 1 fully saturated rings. The van der Waals surface area contributed by atoms with Crippen molar-refractivity contribution in [3.8, 4) is 11.5 Å². The average Bonchev–Trinajstić information content (AvgIpc) is 3.12. The van der Waals surface area contributed by atoms with Crippen molar-refractivity contribution in [2.24, 2.45) is 5.73 Å². The summed E-state index contributed by atoms with van der Waals surface area (Å²) < 4.78 is 24.0. The van der Waals surface area contributed by atoms with Crippen LogP contribution in [0.5, 0.6) is 11.5 Å². The molecule has 0 bridgehead atoms. The Morgan fingerprint density at radius 3 is 2.40 bits per heavy atom. The Kier molecular flexibility index (Phi) is 4.46. The normalized spacial score (nSPS) is 18.4. The second-order valence-electron chi connectivity index (χ2n) is 6.36. The van der Waals surface area contributed by atoms with Gasteiger partial charge in [0.2, 0.25) is 6.79 Å². The molecule has 5 nitrogen and oxygen atoms in total. The van der Waals surface area contributed by atoms with Crippen LogP contribution >= 0.6 is 0 Å². The van der Waals surface area contributed by atoms with Gasteiger partial charge in [0.15, 0.2) is 11.5 Å². The summed E-state index contributed by atoms with van der Waals surface area (Å²) in [5.74, 6) is 1.38. The fourth-order valence-corrected chi connectivity index (χ4v) is 3.56. The molecule has 4 rings (SSSR count). The van der Waals surface area contributed by atoms with Crippen molar-refractivity contribution >= 4 is 5.69 Å². The van der Waals surface area contributed by atoms with Gasteiger partial charge in [-0.15, -0.1) is 0 Å². The van der Waals surface area contributed by atoms with E-state index in [4.69, 9.17) is 15.2 Å². The third-order valence-corrected chi connectivity index (χ3v) is 4.95. The number of rotatable bonds is 4. The summed E-state index contributed by atoms with van der Waals surface area (Å²) in [7, 11) is 0. The molecule has 2 aromatic rings. The Balaban J connectivity index is 1.44. The number of anilines is 1. The van der Waals surface area contributed by atoms with Crippen LogP contribution in [-0.2, 0) is 0 Å². The van der Waals surface area contributed by atoms with Gasteiger partial charge in [-0.3, -0.25) is 4.90 Å². The summed E-state index contributed by atoms with van der Waals surface area (Å²) in [6.45, 7) is 4.44. The lowest BCUT2D eigenvalue weighted by Crippen LogP contribution is -2.49. The van der Waals surface area contributed by atoms with E-state index < -0.39 is 0 Å². The Morgan fingerprint density at radius 1 is 0.960 bits per heavy atom. The summed E-state index contributed by atoms with van der Waals surface area (Å²) in [4.78, 5) is 4.68. The molecule has 2 aromatic carbocycles. The zero-order chi connectivity index (χ0) is 17.2. The molecular weight excluding hydrogens is 321 g/mol. The van der Waals surface area contributed by atoms with Crippen LogP contribution in [-0.4, -0.2) is 44.4 Å². The van der Waals surface area contributed by atoms with E-state index in [9.17, 15) is 4.39 Å². The van der Waals surface area contributed by atoms with E-state index in [0.717, 1.165) is 48.9 Å². The van der Waals surface area contributed by atoms with Gasteiger partial charge in [0, 0.05) is 44.5 Å². The first-order valence-electron chi connectivity index (χ1n) is 8.59. The maximum absolute atomic E-state index is 13.1. The summed E-state index contributed by atoms with van der Waals surface area (Å²) in [6, 6.07) is 12.9. The maximum Gasteiger partial charge on any atom is 0.231 e. The van der Waals surface area contributed by atoms with Crippen molar-refractivity contribution in [3.05, 3.63) is 53.8 Å². The molecule has 2 heterocycles. The van der Waals surface area contributed by atoms with E-state index >= 15 is 0 Å². The number of nitrogens with two attached hydrogens (primary N) is 1. The molecule has 1 atom stereocenters. The first-order chi connectivity index (χ1) is 12.2. The van der Waals surface area contributed by atoms with E-state index in [0.29, 0.717) is 6.54 Å². The molecule has 1 saturated heterocycles. The van der Waals surface area contributed by atoms with Gasteiger partial charge in [-0.05, 0) is 42.0 Å². The predicted molar refractivity (Wildman–Crippen MR) is 94.5 cm³/mol. The van der Waals surface area contributed by atoms with Crippen LogP contribution in [0.4, 0.5) is 10.1 Å². The Hall–Kier alpha value is -2.31. The van der Waals surface area contributed by atoms with Crippen molar-refractivity contribution in [2.45, 2.75) is 6.04 Å². The summed E-state index contributed by atoms with van der Waals surface area (Å²) in [6.07, 6.45) is 0. The molecule has 0 aliphatic carbocycles. The first-order valence-corrected chi connectivity index (χ1v) is 8.59. The van der Waals surface area contributed by atoms with Crippen molar-refractivity contribution in [2.75, 3.05) is 44.4 Å². The lowest BCUT2D eigenvalue weighted by Gasteiger charge is -2.40. The molecule has 0 unspecified atom stereocenters. The third-order valence-electron chi connectivity index (χ3n) is 4.95. The SMILES string of the molecule is NC[C@H](c1ccc2c(c1)OCO2)N1CCN(c2ccc(F)cc2)CC1. The van der Waals surface area contributed by atoms with E-state index in [1.165, 1.54) is 12.1 Å². The summed E-state index contributed by atoms with van der Waals surface area (Å²) in [5, 5.41) is 0. The van der Waals surface area contributed by atoms with E-state index in [-0.39, 0.29) is 18.7 Å². The van der Waals surface area contributed by atoms with Gasteiger partial charge in [0.25, 0.3) is 0 Å². The third kappa shape index (κ3) is 3.27. The zero-order valence-corrected chi connectivity index (χ0v) is 14.0. The molecule has 2 aliphatic rings. The van der Waals surface area contributed by atoms with Gasteiger partial charge in [0.1, 0.15) is 5.82 Å². The second-order valence-corrected chi connectivity index (χ2v) is 6.36. The number of hydrogen-bond acceptors (Lipinski definition) is 5. The van der Waals surface area contributed by atoms with Crippen molar-refractivity contribution in [1.29, 1.82) is 0 Å². The molecule has 2 N–H and O–H groups in total. The molecular formula is C19H22FN3O2. The minimum absolute atomic E-state index is 0.157. The number of halogens is 1. The molecule has 132 valence electrons. The smallest absolute Gasteiger partial charge is 0.231 e. The number of hydrogen-bond donors (Lipinski definition) is 1. The fourth-order valence-electron chi connectivity index (χ4n) is 3.56. The molecule has 6 heteroatoms. The lowest BCUT2D eigenvalue weighted by atomic mass is 10.0. The number of piperazine rings is 1. The monoisotopic (exact) mass is 343 g/mol. The van der Waals surface area contributed by atoms with Crippen LogP contribution in [0.3, 0.4) is 0 Å². The highest BCUT2D eigenvalue weighted by atomic mass is 19.1. The second kappa shape index (κ2) is 6.90. The Bertz CT molecular complexity index is 730. The fraction of sp³-hybridized carbons (Fsp3) is 0.368. The quantitative estimate of drug-likeness (QED) is 0.924. The van der Waals surface area contributed by atoms with Crippen molar-refractivity contribution in [3.63, 3.8) is 0 Å². The highest BCUT2D eigenvalue weighted by Crippen LogP contribution is 2.35. The Labute approximate surface area is 146 Å². The highest BCUT2D eigenvalue weighted by molar-refractivity contribution is 5.47. The van der Waals surface area contributed by atoms with Gasteiger partial charge in [-0.1, -0.05) is 6.07 Å². The molecule has 0 amide bonds. The summed E-state index contributed by atoms with van der Waals surface area (Å²) in [5.41, 5.74) is 8.29. The molecule has 0 aromatic heterocycles. The van der Waals surface area contributed by atoms with Gasteiger partial charge < -0.3 is 20.1 Å². The average molecular weight is 343 g/mol. The van der Waals surface area contributed by atoms with Gasteiger partial charge >= 0.3 is 0 Å². The van der Waals surface area contributed by atoms with E-state index in [1.807, 2.05) is 24.3 Å². The van der Waals surface area contributed by atoms with Crippen LogP contribution in [0.15, 0.2) is 42.5 Å². The molecule has 2 aliphatic heterocycles. The zero-order valence-electron chi connectivity index (χ0n) is 14.0. The maximum atomic E-state index is 13.1. The molecule has 0 radical (unpaired) electrons. The minimum Gasteiger partial charge on any atom is -0.454 e. The van der Waals surface area contributed by atoms with Gasteiger partial charge in [0.05, 0.1) is 0 Å². The molecule has 25 heavy (non-hydrogen) atoms. The van der Waals surface area contributed by atoms with Crippen LogP contribution in [0.2, 0.25) is 0 Å². The first kappa shape index (κ1) is 16.2. The standard InChI is InChI=1S/C19H22FN3O2/c20-15-2-4-16(5-3-15)22-7-9-23(10-8-22)17(12-21)14-1-6-18-19(11-14)25-13-24-18/h1-6,11,17H,7-10,12-13,21H2/t17-/m1/s1. The topological polar surface area (TPSA) is 51.0 Å². The minimum atomic E-state index is -0.201. The Morgan fingerprint density at radius 2 is 1.68 bits per heavy atom. The van der Waals surface area contributed by atoms with E-state index in [1.54, 1.807) is 0 Å². The predicted octanol–water partition coefficient (Wildman–Crippen LogP) is 2.38. The molecule has 0 saturated carbocycles. The van der Waals surface area contributed by atoms with Crippen molar-refractivity contribution < 1.29 is 13.9 Å². The van der Waals surface area contributed by atoms with Crippen molar-refractivity contribution in [1.82, 2.24) is 4.90 Å². The van der Waals surface area contributed by atoms with E-state index in [2.05, 4.69) is 15.9 Å². The van der Waals surface area contributed by atoms with Crippen LogP contribution in [0.1, 0.15) is 11.6 Å². The number of fused-ring (bicyclic) bond motifs is 1. The number of benzene rings is 2. The van der Waals surface area contributed by atoms with Gasteiger partial charge in [-0.25, -0.2) is 4.39 Å². The highest BCUT2D eigenvalue weighted by Gasteiger charge is 2.26. The molecule has 0 spiro atoms. The van der Waals surface area contributed by atoms with Gasteiger partial charge in [-0.2, -0.15) is 0 Å². The lowest BCUT2D eigenvalue weighted by molar-refractivity contribution is 0.173. The largest absolute Gasteiger partial charge is 0.454 e. The number of ether oxygens (including phenoxy) is 2. The summed E-state index contributed by atoms with van der Waals surface area (Å²) >= 11 is 0. The van der Waals surface area contributed by atoms with Crippen LogP contribution < -0.4 is 20.1 Å². The van der Waals surface area contributed by atoms with Crippen LogP contribution in [0.25, 0.3) is 0 Å².